The summed E-state index contributed by atoms with van der Waals surface area (Å²) < 4.78 is 14.1. The number of aromatic amines is 1. The lowest BCUT2D eigenvalue weighted by atomic mass is 10.0. The lowest BCUT2D eigenvalue weighted by Crippen LogP contribution is -2.51. The lowest BCUT2D eigenvalue weighted by molar-refractivity contribution is -0.123. The second-order valence-corrected chi connectivity index (χ2v) is 10.1. The van der Waals surface area contributed by atoms with E-state index >= 15 is 0 Å². The molecule has 3 amide bonds. The predicted octanol–water partition coefficient (Wildman–Crippen LogP) is 4.87. The third kappa shape index (κ3) is 6.51. The Kier molecular flexibility index (Phi) is 8.66. The molecule has 1 fully saturated rings. The maximum absolute atomic E-state index is 14.1. The van der Waals surface area contributed by atoms with Crippen molar-refractivity contribution in [2.75, 3.05) is 13.6 Å². The molecule has 1 aliphatic heterocycles. The van der Waals surface area contributed by atoms with Gasteiger partial charge in [-0.15, -0.1) is 0 Å². The Morgan fingerprint density at radius 2 is 1.95 bits per heavy atom. The van der Waals surface area contributed by atoms with Crippen LogP contribution < -0.4 is 10.6 Å². The number of carbonyl (C=O) groups is 2. The van der Waals surface area contributed by atoms with E-state index in [4.69, 9.17) is 0 Å². The topological polar surface area (TPSA) is 93.4 Å². The van der Waals surface area contributed by atoms with Crippen molar-refractivity contribution >= 4 is 23.0 Å². The molecule has 3 atom stereocenters. The van der Waals surface area contributed by atoms with Gasteiger partial charge < -0.3 is 25.4 Å². The van der Waals surface area contributed by atoms with Crippen molar-refractivity contribution in [3.8, 4) is 0 Å². The van der Waals surface area contributed by atoms with Crippen LogP contribution in [0.2, 0.25) is 0 Å². The van der Waals surface area contributed by atoms with Gasteiger partial charge in [-0.3, -0.25) is 4.79 Å². The summed E-state index contributed by atoms with van der Waals surface area (Å²) in [7, 11) is 1.70. The Morgan fingerprint density at radius 3 is 2.66 bits per heavy atom. The van der Waals surface area contributed by atoms with E-state index in [2.05, 4.69) is 39.0 Å². The minimum Gasteiger partial charge on any atom is -0.373 e. The van der Waals surface area contributed by atoms with E-state index < -0.39 is 17.9 Å². The van der Waals surface area contributed by atoms with E-state index in [1.165, 1.54) is 12.5 Å². The first-order valence-corrected chi connectivity index (χ1v) is 13.2. The van der Waals surface area contributed by atoms with E-state index in [0.717, 1.165) is 30.6 Å². The molecule has 2 aromatic carbocycles. The van der Waals surface area contributed by atoms with Crippen LogP contribution in [0.15, 0.2) is 60.8 Å². The van der Waals surface area contributed by atoms with Gasteiger partial charge in [0.2, 0.25) is 5.91 Å². The number of hydrogen-bond donors (Lipinski definition) is 3. The molecule has 202 valence electrons. The number of nitrogens with zero attached hydrogens (tertiary/aromatic N) is 3. The van der Waals surface area contributed by atoms with Crippen molar-refractivity contribution in [1.82, 2.24) is 30.4 Å². The number of hydrogen-bond acceptors (Lipinski definition) is 4. The molecule has 0 spiro atoms. The van der Waals surface area contributed by atoms with Crippen molar-refractivity contribution in [1.29, 1.82) is 0 Å². The molecule has 4 rings (SSSR count). The van der Waals surface area contributed by atoms with Crippen LogP contribution >= 0.6 is 0 Å². The van der Waals surface area contributed by atoms with Gasteiger partial charge in [0.1, 0.15) is 17.4 Å². The number of para-hydroxylation sites is 1. The number of halogens is 1. The van der Waals surface area contributed by atoms with Crippen molar-refractivity contribution in [2.45, 2.75) is 64.2 Å². The standard InChI is InChI=1S/C29H37FN6O2/c1-19-11-8-9-16-36(19)20(2)17-25(33-29(38)35(4)18-22-12-6-5-7-13-22)28(37)31-21(3)27-32-24-15-10-14-23(30)26(24)34-27/h5-7,10,12-15,19,21,25H,2,8-9,11,16-18H2,1,3-4H3,(H,31,37)(H,32,34)(H,33,38)/t19-,21-,25-/m0/s1. The highest BCUT2D eigenvalue weighted by molar-refractivity contribution is 5.87. The summed E-state index contributed by atoms with van der Waals surface area (Å²) in [5, 5.41) is 5.85. The molecule has 3 N–H and O–H groups in total. The number of imidazole rings is 1. The molecule has 0 bridgehead atoms. The van der Waals surface area contributed by atoms with Crippen LogP contribution in [0.4, 0.5) is 9.18 Å². The summed E-state index contributed by atoms with van der Waals surface area (Å²) in [5.41, 5.74) is 2.59. The molecule has 8 nitrogen and oxygen atoms in total. The van der Waals surface area contributed by atoms with Gasteiger partial charge in [-0.1, -0.05) is 43.0 Å². The van der Waals surface area contributed by atoms with Gasteiger partial charge in [0.15, 0.2) is 5.82 Å². The van der Waals surface area contributed by atoms with Crippen molar-refractivity contribution in [3.05, 3.63) is 78.0 Å². The Bertz CT molecular complexity index is 1280. The quantitative estimate of drug-likeness (QED) is 0.375. The first-order valence-electron chi connectivity index (χ1n) is 13.2. The maximum Gasteiger partial charge on any atom is 0.318 e. The number of carbonyl (C=O) groups excluding carboxylic acids is 2. The molecule has 1 aliphatic rings. The molecule has 1 aromatic heterocycles. The van der Waals surface area contributed by atoms with Crippen molar-refractivity contribution in [3.63, 3.8) is 0 Å². The average molecular weight is 521 g/mol. The van der Waals surface area contributed by atoms with Crippen LogP contribution in [0.1, 0.15) is 57.0 Å². The van der Waals surface area contributed by atoms with Crippen molar-refractivity contribution < 1.29 is 14.0 Å². The van der Waals surface area contributed by atoms with Gasteiger partial charge in [0, 0.05) is 38.3 Å². The number of benzene rings is 2. The molecular formula is C29H37FN6O2. The first-order chi connectivity index (χ1) is 18.2. The summed E-state index contributed by atoms with van der Waals surface area (Å²) in [6.45, 7) is 9.50. The molecule has 0 radical (unpaired) electrons. The molecule has 3 aromatic rings. The van der Waals surface area contributed by atoms with Gasteiger partial charge in [-0.25, -0.2) is 14.2 Å². The van der Waals surface area contributed by atoms with Gasteiger partial charge in [-0.05, 0) is 50.8 Å². The Hall–Kier alpha value is -3.88. The second-order valence-electron chi connectivity index (χ2n) is 10.1. The zero-order valence-corrected chi connectivity index (χ0v) is 22.3. The predicted molar refractivity (Wildman–Crippen MR) is 147 cm³/mol. The van der Waals surface area contributed by atoms with Crippen molar-refractivity contribution in [2.24, 2.45) is 0 Å². The normalized spacial score (nSPS) is 17.1. The summed E-state index contributed by atoms with van der Waals surface area (Å²) in [4.78, 5) is 37.8. The number of urea groups is 1. The summed E-state index contributed by atoms with van der Waals surface area (Å²) in [6.07, 6.45) is 3.60. The monoisotopic (exact) mass is 520 g/mol. The molecule has 9 heteroatoms. The van der Waals surface area contributed by atoms with Crippen LogP contribution in [0, 0.1) is 5.82 Å². The zero-order chi connectivity index (χ0) is 27.2. The molecule has 0 aliphatic carbocycles. The van der Waals surface area contributed by atoms with Gasteiger partial charge in [-0.2, -0.15) is 0 Å². The van der Waals surface area contributed by atoms with E-state index in [9.17, 15) is 14.0 Å². The maximum atomic E-state index is 14.1. The van der Waals surface area contributed by atoms with E-state index in [0.29, 0.717) is 23.9 Å². The number of fused-ring (bicyclic) bond motifs is 1. The van der Waals surface area contributed by atoms with E-state index in [-0.39, 0.29) is 23.9 Å². The smallest absolute Gasteiger partial charge is 0.318 e. The molecule has 38 heavy (non-hydrogen) atoms. The summed E-state index contributed by atoms with van der Waals surface area (Å²) >= 11 is 0. The summed E-state index contributed by atoms with van der Waals surface area (Å²) in [5.74, 6) is -0.346. The largest absolute Gasteiger partial charge is 0.373 e. The highest BCUT2D eigenvalue weighted by atomic mass is 19.1. The molecule has 1 saturated heterocycles. The van der Waals surface area contributed by atoms with E-state index in [1.54, 1.807) is 31.0 Å². The third-order valence-corrected chi connectivity index (χ3v) is 7.12. The van der Waals surface area contributed by atoms with Crippen LogP contribution in [0.25, 0.3) is 11.0 Å². The number of H-pyrrole nitrogens is 1. The molecule has 0 unspecified atom stereocenters. The fourth-order valence-corrected chi connectivity index (χ4v) is 4.92. The molecule has 2 heterocycles. The molecular weight excluding hydrogens is 483 g/mol. The van der Waals surface area contributed by atoms with Crippen LogP contribution in [-0.2, 0) is 11.3 Å². The number of rotatable bonds is 9. The molecule has 0 saturated carbocycles. The third-order valence-electron chi connectivity index (χ3n) is 7.12. The van der Waals surface area contributed by atoms with Gasteiger partial charge in [0.25, 0.3) is 0 Å². The SMILES string of the molecule is C=C(C[C@H](NC(=O)N(C)Cc1ccccc1)C(=O)N[C@@H](C)c1nc2c(F)cccc2[nH]1)N1CCCC[C@@H]1C. The highest BCUT2D eigenvalue weighted by Crippen LogP contribution is 2.24. The minimum absolute atomic E-state index is 0.225. The van der Waals surface area contributed by atoms with Crippen LogP contribution in [0.3, 0.4) is 0 Å². The second kappa shape index (κ2) is 12.1. The van der Waals surface area contributed by atoms with E-state index in [1.807, 2.05) is 30.3 Å². The van der Waals surface area contributed by atoms with Crippen LogP contribution in [0.5, 0.6) is 0 Å². The number of amides is 3. The Balaban J connectivity index is 1.48. The van der Waals surface area contributed by atoms with Gasteiger partial charge in [0.05, 0.1) is 11.6 Å². The Morgan fingerprint density at radius 1 is 1.18 bits per heavy atom. The van der Waals surface area contributed by atoms with Crippen LogP contribution in [-0.4, -0.2) is 57.4 Å². The number of piperidine rings is 1. The minimum atomic E-state index is -0.842. The number of likely N-dealkylation sites (tertiary alicyclic amines) is 1. The average Bonchev–Trinajstić information content (AvgIpc) is 3.35. The highest BCUT2D eigenvalue weighted by Gasteiger charge is 2.29. The van der Waals surface area contributed by atoms with Gasteiger partial charge >= 0.3 is 6.03 Å². The summed E-state index contributed by atoms with van der Waals surface area (Å²) in [6, 6.07) is 13.0. The number of nitrogens with one attached hydrogen (secondary N) is 3. The first kappa shape index (κ1) is 27.2. The fourth-order valence-electron chi connectivity index (χ4n) is 4.92. The number of aromatic nitrogens is 2. The Labute approximate surface area is 223 Å². The zero-order valence-electron chi connectivity index (χ0n) is 22.3. The lowest BCUT2D eigenvalue weighted by Gasteiger charge is -2.38. The fraction of sp³-hybridized carbons (Fsp3) is 0.414.